The summed E-state index contributed by atoms with van der Waals surface area (Å²) in [6, 6.07) is 5.16. The Kier molecular flexibility index (Phi) is 3.83. The summed E-state index contributed by atoms with van der Waals surface area (Å²) in [5.41, 5.74) is 0.512. The Morgan fingerprint density at radius 3 is 2.50 bits per heavy atom. The third-order valence-corrected chi connectivity index (χ3v) is 2.17. The van der Waals surface area contributed by atoms with Gasteiger partial charge in [-0.25, -0.2) is 9.67 Å². The van der Waals surface area contributed by atoms with Crippen molar-refractivity contribution in [1.82, 2.24) is 14.8 Å². The summed E-state index contributed by atoms with van der Waals surface area (Å²) in [6.07, 6.45) is -0.111. The molecular weight excluding hydrogens is 275 g/mol. The van der Waals surface area contributed by atoms with Gasteiger partial charge in [0.2, 0.25) is 0 Å². The van der Waals surface area contributed by atoms with Gasteiger partial charge in [0, 0.05) is 0 Å². The Labute approximate surface area is 111 Å². The lowest BCUT2D eigenvalue weighted by Crippen LogP contribution is -2.17. The standard InChI is InChI=1S/C12H8F3N3O2/c13-12(14,15)20-10-5-3-9(4-6-10)18-8-16-11(17-18)2-1-7-19/h1-8H/b2-1+. The zero-order valence-corrected chi connectivity index (χ0v) is 9.91. The molecule has 1 aromatic heterocycles. The summed E-state index contributed by atoms with van der Waals surface area (Å²) in [6.45, 7) is 0. The van der Waals surface area contributed by atoms with E-state index < -0.39 is 6.36 Å². The number of nitrogens with zero attached hydrogens (tertiary/aromatic N) is 3. The molecule has 104 valence electrons. The minimum absolute atomic E-state index is 0.313. The van der Waals surface area contributed by atoms with Gasteiger partial charge in [0.15, 0.2) is 5.82 Å². The Morgan fingerprint density at radius 2 is 1.90 bits per heavy atom. The average Bonchev–Trinajstić information content (AvgIpc) is 2.84. The number of halogens is 3. The highest BCUT2D eigenvalue weighted by Crippen LogP contribution is 2.23. The van der Waals surface area contributed by atoms with E-state index in [0.29, 0.717) is 17.8 Å². The van der Waals surface area contributed by atoms with Gasteiger partial charge in [-0.2, -0.15) is 0 Å². The normalized spacial score (nSPS) is 11.8. The predicted octanol–water partition coefficient (Wildman–Crippen LogP) is 2.38. The molecule has 0 fully saturated rings. The van der Waals surface area contributed by atoms with Crippen LogP contribution in [-0.4, -0.2) is 27.4 Å². The van der Waals surface area contributed by atoms with Crippen molar-refractivity contribution in [3.05, 3.63) is 42.5 Å². The van der Waals surface area contributed by atoms with Crippen LogP contribution >= 0.6 is 0 Å². The number of allylic oxidation sites excluding steroid dienone is 1. The lowest BCUT2D eigenvalue weighted by molar-refractivity contribution is -0.274. The first-order chi connectivity index (χ1) is 9.48. The Bertz CT molecular complexity index is 618. The smallest absolute Gasteiger partial charge is 0.406 e. The van der Waals surface area contributed by atoms with Gasteiger partial charge in [-0.15, -0.1) is 18.3 Å². The Morgan fingerprint density at radius 1 is 1.20 bits per heavy atom. The van der Waals surface area contributed by atoms with Gasteiger partial charge in [-0.1, -0.05) is 0 Å². The largest absolute Gasteiger partial charge is 0.573 e. The predicted molar refractivity (Wildman–Crippen MR) is 63.1 cm³/mol. The fraction of sp³-hybridized carbons (Fsp3) is 0.0833. The maximum atomic E-state index is 12.0. The van der Waals surface area contributed by atoms with E-state index >= 15 is 0 Å². The van der Waals surface area contributed by atoms with Crippen molar-refractivity contribution in [2.45, 2.75) is 6.36 Å². The molecule has 0 aliphatic rings. The summed E-state index contributed by atoms with van der Waals surface area (Å²) >= 11 is 0. The van der Waals surface area contributed by atoms with E-state index in [9.17, 15) is 18.0 Å². The van der Waals surface area contributed by atoms with Crippen molar-refractivity contribution in [3.8, 4) is 11.4 Å². The Hall–Kier alpha value is -2.64. The number of carbonyl (C=O) groups excluding carboxylic acids is 1. The zero-order chi connectivity index (χ0) is 14.6. The van der Waals surface area contributed by atoms with Crippen molar-refractivity contribution >= 4 is 12.4 Å². The molecule has 0 atom stereocenters. The quantitative estimate of drug-likeness (QED) is 0.638. The van der Waals surface area contributed by atoms with Crippen LogP contribution in [0.1, 0.15) is 5.82 Å². The molecule has 20 heavy (non-hydrogen) atoms. The fourth-order valence-corrected chi connectivity index (χ4v) is 1.40. The summed E-state index contributed by atoms with van der Waals surface area (Å²) in [5, 5.41) is 4.02. The Balaban J connectivity index is 2.15. The third-order valence-electron chi connectivity index (χ3n) is 2.17. The van der Waals surface area contributed by atoms with Crippen LogP contribution in [0.15, 0.2) is 36.7 Å². The number of benzene rings is 1. The van der Waals surface area contributed by atoms with E-state index in [-0.39, 0.29) is 5.75 Å². The zero-order valence-electron chi connectivity index (χ0n) is 9.91. The van der Waals surface area contributed by atoms with Gasteiger partial charge >= 0.3 is 6.36 Å². The van der Waals surface area contributed by atoms with Crippen LogP contribution in [0.2, 0.25) is 0 Å². The first-order valence-electron chi connectivity index (χ1n) is 5.37. The topological polar surface area (TPSA) is 57.0 Å². The molecule has 0 saturated heterocycles. The first kappa shape index (κ1) is 13.8. The van der Waals surface area contributed by atoms with Gasteiger partial charge in [-0.05, 0) is 36.4 Å². The molecule has 8 heteroatoms. The molecular formula is C12H8F3N3O2. The second-order valence-electron chi connectivity index (χ2n) is 3.58. The first-order valence-corrected chi connectivity index (χ1v) is 5.37. The molecule has 2 aromatic rings. The van der Waals surface area contributed by atoms with Gasteiger partial charge in [0.25, 0.3) is 0 Å². The molecule has 1 aromatic carbocycles. The highest BCUT2D eigenvalue weighted by Gasteiger charge is 2.30. The molecule has 2 rings (SSSR count). The van der Waals surface area contributed by atoms with Crippen molar-refractivity contribution in [3.63, 3.8) is 0 Å². The summed E-state index contributed by atoms with van der Waals surface area (Å²) < 4.78 is 41.1. The maximum absolute atomic E-state index is 12.0. The van der Waals surface area contributed by atoms with E-state index in [2.05, 4.69) is 14.8 Å². The molecule has 0 spiro atoms. The van der Waals surface area contributed by atoms with Crippen molar-refractivity contribution in [1.29, 1.82) is 0 Å². The van der Waals surface area contributed by atoms with Gasteiger partial charge < -0.3 is 4.74 Å². The van der Waals surface area contributed by atoms with Crippen LogP contribution in [0.4, 0.5) is 13.2 Å². The van der Waals surface area contributed by atoms with Crippen LogP contribution in [0.3, 0.4) is 0 Å². The van der Waals surface area contributed by atoms with Gasteiger partial charge in [0.1, 0.15) is 18.4 Å². The highest BCUT2D eigenvalue weighted by molar-refractivity contribution is 5.72. The van der Waals surface area contributed by atoms with Crippen LogP contribution < -0.4 is 4.74 Å². The number of carbonyl (C=O) groups is 1. The lowest BCUT2D eigenvalue weighted by Gasteiger charge is -2.08. The van der Waals surface area contributed by atoms with E-state index in [0.717, 1.165) is 0 Å². The molecule has 5 nitrogen and oxygen atoms in total. The molecule has 0 radical (unpaired) electrons. The van der Waals surface area contributed by atoms with Gasteiger partial charge in [0.05, 0.1) is 5.69 Å². The van der Waals surface area contributed by atoms with E-state index in [1.165, 1.54) is 47.4 Å². The molecule has 0 aliphatic carbocycles. The molecule has 0 N–H and O–H groups in total. The van der Waals surface area contributed by atoms with Crippen molar-refractivity contribution < 1.29 is 22.7 Å². The number of ether oxygens (including phenoxy) is 1. The third kappa shape index (κ3) is 3.67. The maximum Gasteiger partial charge on any atom is 0.573 e. The average molecular weight is 283 g/mol. The van der Waals surface area contributed by atoms with Crippen molar-refractivity contribution in [2.75, 3.05) is 0 Å². The number of aromatic nitrogens is 3. The number of rotatable bonds is 4. The van der Waals surface area contributed by atoms with Crippen LogP contribution in [0, 0.1) is 0 Å². The molecule has 0 aliphatic heterocycles. The number of hydrogen-bond donors (Lipinski definition) is 0. The fourth-order valence-electron chi connectivity index (χ4n) is 1.40. The minimum Gasteiger partial charge on any atom is -0.406 e. The number of aldehydes is 1. The van der Waals surface area contributed by atoms with E-state index in [1.807, 2.05) is 0 Å². The molecule has 0 bridgehead atoms. The lowest BCUT2D eigenvalue weighted by atomic mass is 10.3. The number of alkyl halides is 3. The molecule has 0 unspecified atom stereocenters. The summed E-state index contributed by atoms with van der Waals surface area (Å²) in [7, 11) is 0. The van der Waals surface area contributed by atoms with E-state index in [1.54, 1.807) is 0 Å². The molecule has 0 saturated carbocycles. The second-order valence-corrected chi connectivity index (χ2v) is 3.58. The summed E-state index contributed by atoms with van der Waals surface area (Å²) in [5.74, 6) is -0.00448. The van der Waals surface area contributed by atoms with Crippen LogP contribution in [-0.2, 0) is 4.79 Å². The van der Waals surface area contributed by atoms with Crippen LogP contribution in [0.5, 0.6) is 5.75 Å². The molecule has 0 amide bonds. The summed E-state index contributed by atoms with van der Waals surface area (Å²) in [4.78, 5) is 14.1. The number of hydrogen-bond acceptors (Lipinski definition) is 4. The minimum atomic E-state index is -4.72. The molecule has 1 heterocycles. The van der Waals surface area contributed by atoms with Crippen LogP contribution in [0.25, 0.3) is 11.8 Å². The monoisotopic (exact) mass is 283 g/mol. The van der Waals surface area contributed by atoms with E-state index in [4.69, 9.17) is 0 Å². The van der Waals surface area contributed by atoms with Gasteiger partial charge in [-0.3, -0.25) is 4.79 Å². The second kappa shape index (κ2) is 5.55. The highest BCUT2D eigenvalue weighted by atomic mass is 19.4. The van der Waals surface area contributed by atoms with Crippen molar-refractivity contribution in [2.24, 2.45) is 0 Å². The SMILES string of the molecule is O=C/C=C/c1ncn(-c2ccc(OC(F)(F)F)cc2)n1.